The average molecular weight is 716 g/mol. The van der Waals surface area contributed by atoms with E-state index in [-0.39, 0.29) is 30.4 Å². The quantitative estimate of drug-likeness (QED) is 0.204. The number of fused-ring (bicyclic) bond motifs is 3. The van der Waals surface area contributed by atoms with E-state index in [4.69, 9.17) is 9.84 Å². The number of hydrogen-bond acceptors (Lipinski definition) is 10. The van der Waals surface area contributed by atoms with Gasteiger partial charge in [0.15, 0.2) is 5.65 Å². The average Bonchev–Trinajstić information content (AvgIpc) is 3.66. The molecule has 3 aliphatic heterocycles. The maximum absolute atomic E-state index is 13.4. The Hall–Kier alpha value is -5.96. The molecule has 53 heavy (non-hydrogen) atoms. The third-order valence-electron chi connectivity index (χ3n) is 10.7. The van der Waals surface area contributed by atoms with Crippen LogP contribution in [0.3, 0.4) is 0 Å². The standard InChI is InChI=1S/C38H37N9O6/c48-33-7-6-31(36(50)42-33)47-37(51)26-5-4-22(16-27(26)38(47)52)8-13-44-14-9-25(10-15-44)46-20-24-17-30(32(18-29(24)43-46)53-21-23-2-3-23)41-35(49)28-19-40-45-12-1-11-39-34(28)45/h1,4-5,11-12,16-20,23,25,31H,2-3,6-10,13-15,21H2,(H,41,49)(H,42,48,50). The molecular formula is C38H37N9O6. The van der Waals surface area contributed by atoms with Crippen molar-refractivity contribution < 1.29 is 28.7 Å². The first-order valence-corrected chi connectivity index (χ1v) is 18.1. The van der Waals surface area contributed by atoms with Gasteiger partial charge in [0.1, 0.15) is 17.4 Å². The molecule has 0 bridgehead atoms. The summed E-state index contributed by atoms with van der Waals surface area (Å²) in [5, 5.41) is 15.4. The summed E-state index contributed by atoms with van der Waals surface area (Å²) in [6.45, 7) is 3.12. The topological polar surface area (TPSA) is 173 Å². The van der Waals surface area contributed by atoms with Crippen molar-refractivity contribution in [3.8, 4) is 5.75 Å². The van der Waals surface area contributed by atoms with Crippen molar-refractivity contribution in [1.82, 2.24) is 39.5 Å². The van der Waals surface area contributed by atoms with E-state index in [9.17, 15) is 24.0 Å². The molecule has 2 saturated heterocycles. The van der Waals surface area contributed by atoms with Gasteiger partial charge in [-0.3, -0.25) is 38.9 Å². The number of ether oxygens (including phenoxy) is 1. The smallest absolute Gasteiger partial charge is 0.262 e. The molecule has 1 aliphatic carbocycles. The SMILES string of the molecule is O=C1CCC(N2C(=O)c3ccc(CCN4CCC(n5cc6cc(NC(=O)c7cnn8cccnc78)c(OCC7CC7)cc6n5)CC4)cc3C2=O)C(=O)N1. The lowest BCUT2D eigenvalue weighted by Gasteiger charge is -2.32. The number of hydrogen-bond donors (Lipinski definition) is 2. The van der Waals surface area contributed by atoms with Crippen LogP contribution in [0.5, 0.6) is 5.75 Å². The van der Waals surface area contributed by atoms with Crippen LogP contribution in [0, 0.1) is 5.92 Å². The lowest BCUT2D eigenvalue weighted by atomic mass is 10.0. The molecule has 3 aromatic heterocycles. The Morgan fingerprint density at radius 3 is 2.62 bits per heavy atom. The number of aromatic nitrogens is 5. The van der Waals surface area contributed by atoms with E-state index in [1.54, 1.807) is 35.1 Å². The van der Waals surface area contributed by atoms with Gasteiger partial charge in [-0.15, -0.1) is 0 Å². The van der Waals surface area contributed by atoms with Gasteiger partial charge in [-0.25, -0.2) is 9.50 Å². The number of anilines is 1. The summed E-state index contributed by atoms with van der Waals surface area (Å²) in [5.41, 5.74) is 3.76. The normalized spacial score (nSPS) is 19.6. The summed E-state index contributed by atoms with van der Waals surface area (Å²) in [6, 6.07) is 10.1. The van der Waals surface area contributed by atoms with E-state index in [2.05, 4.69) is 25.6 Å². The fourth-order valence-electron chi connectivity index (χ4n) is 7.51. The number of amides is 5. The zero-order valence-electron chi connectivity index (χ0n) is 28.9. The van der Waals surface area contributed by atoms with Gasteiger partial charge in [-0.1, -0.05) is 6.07 Å². The number of rotatable bonds is 10. The van der Waals surface area contributed by atoms with Crippen LogP contribution in [0.15, 0.2) is 61.2 Å². The van der Waals surface area contributed by atoms with Crippen LogP contribution in [-0.2, 0) is 16.0 Å². The Labute approximate surface area is 303 Å². The number of nitrogens with one attached hydrogen (secondary N) is 2. The van der Waals surface area contributed by atoms with Crippen molar-refractivity contribution >= 4 is 51.8 Å². The van der Waals surface area contributed by atoms with Gasteiger partial charge in [0.2, 0.25) is 11.8 Å². The van der Waals surface area contributed by atoms with E-state index < -0.39 is 29.7 Å². The highest BCUT2D eigenvalue weighted by Gasteiger charge is 2.44. The molecule has 15 nitrogen and oxygen atoms in total. The lowest BCUT2D eigenvalue weighted by molar-refractivity contribution is -0.136. The molecule has 270 valence electrons. The van der Waals surface area contributed by atoms with Crippen LogP contribution in [0.4, 0.5) is 5.69 Å². The summed E-state index contributed by atoms with van der Waals surface area (Å²) in [7, 11) is 0. The summed E-state index contributed by atoms with van der Waals surface area (Å²) in [6.07, 6.45) is 11.9. The number of carbonyl (C=O) groups is 5. The van der Waals surface area contributed by atoms with Crippen LogP contribution < -0.4 is 15.4 Å². The molecule has 6 heterocycles. The molecule has 2 N–H and O–H groups in total. The Balaban J connectivity index is 0.844. The molecule has 5 amide bonds. The number of imide groups is 2. The minimum Gasteiger partial charge on any atom is -0.491 e. The van der Waals surface area contributed by atoms with E-state index in [0.29, 0.717) is 47.2 Å². The monoisotopic (exact) mass is 715 g/mol. The molecule has 0 radical (unpaired) electrons. The minimum atomic E-state index is -0.977. The summed E-state index contributed by atoms with van der Waals surface area (Å²) < 4.78 is 9.81. The highest BCUT2D eigenvalue weighted by molar-refractivity contribution is 6.23. The van der Waals surface area contributed by atoms with Crippen molar-refractivity contribution in [3.63, 3.8) is 0 Å². The van der Waals surface area contributed by atoms with Crippen molar-refractivity contribution in [2.75, 3.05) is 31.6 Å². The van der Waals surface area contributed by atoms with Crippen LogP contribution in [0.1, 0.15) is 81.2 Å². The highest BCUT2D eigenvalue weighted by atomic mass is 16.5. The first-order valence-electron chi connectivity index (χ1n) is 18.1. The van der Waals surface area contributed by atoms with E-state index in [1.807, 2.05) is 29.1 Å². The van der Waals surface area contributed by atoms with Crippen molar-refractivity contribution in [2.24, 2.45) is 5.92 Å². The molecule has 5 aromatic rings. The first kappa shape index (κ1) is 32.9. The van der Waals surface area contributed by atoms with Gasteiger partial charge in [-0.05, 0) is 74.3 Å². The zero-order valence-corrected chi connectivity index (χ0v) is 28.9. The molecular weight excluding hydrogens is 678 g/mol. The first-order chi connectivity index (χ1) is 25.8. The van der Waals surface area contributed by atoms with E-state index in [1.165, 1.54) is 6.20 Å². The molecule has 1 unspecified atom stereocenters. The number of nitrogens with zero attached hydrogens (tertiary/aromatic N) is 7. The largest absolute Gasteiger partial charge is 0.491 e. The number of piperidine rings is 2. The Morgan fingerprint density at radius 1 is 0.981 bits per heavy atom. The van der Waals surface area contributed by atoms with Gasteiger partial charge >= 0.3 is 0 Å². The van der Waals surface area contributed by atoms with Crippen LogP contribution in [-0.4, -0.2) is 96.0 Å². The van der Waals surface area contributed by atoms with Crippen molar-refractivity contribution in [3.05, 3.63) is 83.4 Å². The molecule has 9 rings (SSSR count). The summed E-state index contributed by atoms with van der Waals surface area (Å²) in [4.78, 5) is 71.4. The van der Waals surface area contributed by atoms with Gasteiger partial charge in [0.25, 0.3) is 17.7 Å². The Bertz CT molecular complexity index is 2320. The number of benzene rings is 2. The second kappa shape index (κ2) is 13.2. The molecule has 1 saturated carbocycles. The fourth-order valence-corrected chi connectivity index (χ4v) is 7.51. The third-order valence-corrected chi connectivity index (χ3v) is 10.7. The molecule has 3 fully saturated rings. The number of carbonyl (C=O) groups excluding carboxylic acids is 5. The molecule has 15 heteroatoms. The van der Waals surface area contributed by atoms with Crippen LogP contribution in [0.25, 0.3) is 16.6 Å². The maximum Gasteiger partial charge on any atom is 0.262 e. The Kier molecular flexibility index (Phi) is 8.21. The molecule has 1 atom stereocenters. The lowest BCUT2D eigenvalue weighted by Crippen LogP contribution is -2.54. The second-order valence-electron chi connectivity index (χ2n) is 14.3. The fraction of sp³-hybridized carbons (Fsp3) is 0.368. The van der Waals surface area contributed by atoms with Gasteiger partial charge in [-0.2, -0.15) is 10.2 Å². The Morgan fingerprint density at radius 2 is 1.81 bits per heavy atom. The highest BCUT2D eigenvalue weighted by Crippen LogP contribution is 2.36. The summed E-state index contributed by atoms with van der Waals surface area (Å²) >= 11 is 0. The number of likely N-dealkylation sites (tertiary alicyclic amines) is 1. The molecule has 2 aromatic carbocycles. The van der Waals surface area contributed by atoms with E-state index in [0.717, 1.165) is 66.7 Å². The van der Waals surface area contributed by atoms with Crippen LogP contribution >= 0.6 is 0 Å². The van der Waals surface area contributed by atoms with Crippen molar-refractivity contribution in [2.45, 2.75) is 57.0 Å². The second-order valence-corrected chi connectivity index (χ2v) is 14.3. The van der Waals surface area contributed by atoms with Gasteiger partial charge in [0, 0.05) is 56.1 Å². The van der Waals surface area contributed by atoms with E-state index >= 15 is 0 Å². The predicted octanol–water partition coefficient (Wildman–Crippen LogP) is 3.40. The summed E-state index contributed by atoms with van der Waals surface area (Å²) in [5.74, 6) is -1.20. The van der Waals surface area contributed by atoms with Gasteiger partial charge < -0.3 is 15.0 Å². The molecule has 0 spiro atoms. The maximum atomic E-state index is 13.4. The third kappa shape index (κ3) is 6.30. The van der Waals surface area contributed by atoms with Crippen LogP contribution in [0.2, 0.25) is 0 Å². The van der Waals surface area contributed by atoms with Crippen molar-refractivity contribution in [1.29, 1.82) is 0 Å². The minimum absolute atomic E-state index is 0.0866. The molecule has 4 aliphatic rings. The predicted molar refractivity (Wildman–Crippen MR) is 190 cm³/mol. The van der Waals surface area contributed by atoms with Gasteiger partial charge in [0.05, 0.1) is 41.2 Å². The zero-order chi connectivity index (χ0) is 36.2.